The molecule has 0 aliphatic carbocycles. The molecular weight excluding hydrogens is 218 g/mol. The summed E-state index contributed by atoms with van der Waals surface area (Å²) in [5.41, 5.74) is 6.82. The van der Waals surface area contributed by atoms with E-state index in [0.717, 1.165) is 0 Å². The van der Waals surface area contributed by atoms with Crippen LogP contribution in [0, 0.1) is 0 Å². The first-order chi connectivity index (χ1) is 8.15. The molecule has 0 bridgehead atoms. The number of aromatic hydroxyl groups is 1. The molecule has 1 heterocycles. The van der Waals surface area contributed by atoms with E-state index in [1.54, 1.807) is 24.3 Å². The monoisotopic (exact) mass is 230 g/mol. The van der Waals surface area contributed by atoms with Crippen molar-refractivity contribution in [1.29, 1.82) is 0 Å². The fourth-order valence-electron chi connectivity index (χ4n) is 1.86. The number of phenols is 1. The molecule has 0 fully saturated rings. The Morgan fingerprint density at radius 3 is 2.47 bits per heavy atom. The van der Waals surface area contributed by atoms with Crippen LogP contribution in [0.4, 0.5) is 5.69 Å². The van der Waals surface area contributed by atoms with Crippen LogP contribution >= 0.6 is 0 Å². The second-order valence-electron chi connectivity index (χ2n) is 3.87. The minimum atomic E-state index is -0.124. The van der Waals surface area contributed by atoms with E-state index in [1.165, 1.54) is 12.1 Å². The second-order valence-corrected chi connectivity index (χ2v) is 3.87. The molecule has 3 aromatic rings. The van der Waals surface area contributed by atoms with Gasteiger partial charge in [0.05, 0.1) is 10.8 Å². The van der Waals surface area contributed by atoms with Crippen LogP contribution in [-0.2, 0) is 0 Å². The zero-order valence-corrected chi connectivity index (χ0v) is 8.81. The van der Waals surface area contributed by atoms with Crippen molar-refractivity contribution in [3.8, 4) is 5.75 Å². The van der Waals surface area contributed by atoms with Crippen molar-refractivity contribution < 1.29 is 11.0 Å². The molecule has 0 saturated heterocycles. The highest BCUT2D eigenvalue weighted by molar-refractivity contribution is 5.91. The summed E-state index contributed by atoms with van der Waals surface area (Å²) in [7, 11) is 0. The van der Waals surface area contributed by atoms with E-state index in [4.69, 9.17) is 10.2 Å². The van der Waals surface area contributed by atoms with Crippen LogP contribution in [0.1, 0.15) is 1.43 Å². The Hall–Kier alpha value is -2.49. The number of nitrogens with two attached hydrogens (primary N) is 1. The van der Waals surface area contributed by atoms with Crippen molar-refractivity contribution >= 4 is 27.6 Å². The van der Waals surface area contributed by atoms with Crippen LogP contribution in [0.3, 0.4) is 0 Å². The molecule has 0 amide bonds. The summed E-state index contributed by atoms with van der Waals surface area (Å²) < 4.78 is 5.55. The molecule has 3 rings (SSSR count). The zero-order chi connectivity index (χ0) is 12.0. The predicted octanol–water partition coefficient (Wildman–Crippen LogP) is 2.48. The van der Waals surface area contributed by atoms with E-state index in [1.807, 2.05) is 0 Å². The van der Waals surface area contributed by atoms with Crippen LogP contribution in [0.2, 0.25) is 0 Å². The number of hydrogen-bond acceptors (Lipinski definition) is 4. The van der Waals surface area contributed by atoms with E-state index >= 15 is 0 Å². The van der Waals surface area contributed by atoms with Gasteiger partial charge in [-0.25, -0.2) is 0 Å². The number of benzene rings is 2. The summed E-state index contributed by atoms with van der Waals surface area (Å²) >= 11 is 0. The molecule has 0 atom stereocenters. The summed E-state index contributed by atoms with van der Waals surface area (Å²) in [6.07, 6.45) is 0. The molecule has 86 valence electrons. The maximum atomic E-state index is 12.1. The summed E-state index contributed by atoms with van der Waals surface area (Å²) in [6, 6.07) is 9.32. The number of phenolic OH excluding ortho intramolecular Hbond substituents is 1. The zero-order valence-electron chi connectivity index (χ0n) is 8.81. The highest BCUT2D eigenvalue weighted by Gasteiger charge is 2.08. The number of anilines is 1. The maximum absolute atomic E-state index is 12.1. The third kappa shape index (κ3) is 1.42. The number of fused-ring (bicyclic) bond motifs is 2. The molecule has 0 unspecified atom stereocenters. The minimum absolute atomic E-state index is 0. The lowest BCUT2D eigenvalue weighted by atomic mass is 10.1. The molecule has 17 heavy (non-hydrogen) atoms. The van der Waals surface area contributed by atoms with Crippen molar-refractivity contribution in [3.63, 3.8) is 0 Å². The van der Waals surface area contributed by atoms with E-state index in [-0.39, 0.29) is 12.6 Å². The van der Waals surface area contributed by atoms with Gasteiger partial charge in [-0.15, -0.1) is 0 Å². The minimum Gasteiger partial charge on any atom is -0.508 e. The number of rotatable bonds is 0. The molecule has 0 aliphatic heterocycles. The van der Waals surface area contributed by atoms with E-state index < -0.39 is 0 Å². The fourth-order valence-corrected chi connectivity index (χ4v) is 1.86. The van der Waals surface area contributed by atoms with Gasteiger partial charge >= 0.3 is 0 Å². The Morgan fingerprint density at radius 2 is 1.71 bits per heavy atom. The lowest BCUT2D eigenvalue weighted by Gasteiger charge is -2.02. The van der Waals surface area contributed by atoms with Crippen molar-refractivity contribution in [2.75, 3.05) is 5.73 Å². The van der Waals surface area contributed by atoms with Gasteiger partial charge in [-0.1, -0.05) is 0 Å². The summed E-state index contributed by atoms with van der Waals surface area (Å²) in [4.78, 5) is 12.1. The molecular formula is C13H11NO3. The second kappa shape index (κ2) is 3.25. The van der Waals surface area contributed by atoms with E-state index in [9.17, 15) is 9.90 Å². The van der Waals surface area contributed by atoms with Crippen LogP contribution < -0.4 is 11.2 Å². The van der Waals surface area contributed by atoms with Gasteiger partial charge in [0, 0.05) is 19.2 Å². The smallest absolute Gasteiger partial charge is 0.200 e. The van der Waals surface area contributed by atoms with Crippen LogP contribution in [0.5, 0.6) is 5.75 Å². The van der Waals surface area contributed by atoms with Crippen molar-refractivity contribution in [2.45, 2.75) is 0 Å². The molecule has 0 radical (unpaired) electrons. The molecule has 2 aromatic carbocycles. The number of nitrogen functional groups attached to an aromatic ring is 1. The summed E-state index contributed by atoms with van der Waals surface area (Å²) in [5, 5.41) is 10.3. The summed E-state index contributed by atoms with van der Waals surface area (Å²) in [6.45, 7) is 0. The molecule has 4 heteroatoms. The van der Waals surface area contributed by atoms with Crippen LogP contribution in [-0.4, -0.2) is 5.11 Å². The van der Waals surface area contributed by atoms with Gasteiger partial charge in [0.1, 0.15) is 16.9 Å². The van der Waals surface area contributed by atoms with Gasteiger partial charge in [-0.3, -0.25) is 4.79 Å². The number of hydrogen-bond donors (Lipinski definition) is 2. The Kier molecular flexibility index (Phi) is 1.86. The highest BCUT2D eigenvalue weighted by atomic mass is 16.3. The fraction of sp³-hybridized carbons (Fsp3) is 0. The van der Waals surface area contributed by atoms with Crippen LogP contribution in [0.25, 0.3) is 21.9 Å². The quantitative estimate of drug-likeness (QED) is 0.459. The third-order valence-electron chi connectivity index (χ3n) is 2.68. The standard InChI is InChI=1S/C13H9NO3.H2/c14-7-1-3-9-11(5-7)17-12-6-8(15)2-4-10(12)13(9)16;/h1-6,15H,14H2;1H/i;1+1. The molecule has 0 saturated carbocycles. The average molecular weight is 230 g/mol. The molecule has 0 aliphatic rings. The maximum Gasteiger partial charge on any atom is 0.200 e. The van der Waals surface area contributed by atoms with Gasteiger partial charge in [0.15, 0.2) is 0 Å². The van der Waals surface area contributed by atoms with Gasteiger partial charge in [-0.05, 0) is 24.3 Å². The first-order valence-corrected chi connectivity index (χ1v) is 5.10. The Bertz CT molecular complexity index is 732. The average Bonchev–Trinajstić information content (AvgIpc) is 2.28. The molecule has 1 aromatic heterocycles. The first-order valence-electron chi connectivity index (χ1n) is 5.10. The van der Waals surface area contributed by atoms with Crippen molar-refractivity contribution in [3.05, 3.63) is 46.6 Å². The normalized spacial score (nSPS) is 11.1. The van der Waals surface area contributed by atoms with Crippen LogP contribution in [0.15, 0.2) is 45.6 Å². The molecule has 4 nitrogen and oxygen atoms in total. The van der Waals surface area contributed by atoms with Gasteiger partial charge in [0.25, 0.3) is 0 Å². The first kappa shape index (κ1) is 9.72. The lowest BCUT2D eigenvalue weighted by molar-refractivity contribution is 0.474. The molecule has 0 spiro atoms. The van der Waals surface area contributed by atoms with Gasteiger partial charge in [0.2, 0.25) is 5.43 Å². The Balaban J connectivity index is 0.00000120. The highest BCUT2D eigenvalue weighted by Crippen LogP contribution is 2.23. The molecule has 3 N–H and O–H groups in total. The van der Waals surface area contributed by atoms with Gasteiger partial charge in [-0.2, -0.15) is 0 Å². The van der Waals surface area contributed by atoms with Crippen molar-refractivity contribution in [2.24, 2.45) is 0 Å². The SMILES string of the molecule is Nc1ccc2c(=O)c3ccc(O)cc3oc2c1.[2HH]. The summed E-state index contributed by atoms with van der Waals surface area (Å²) in [5.74, 6) is 0.0592. The Labute approximate surface area is 97.4 Å². The van der Waals surface area contributed by atoms with E-state index in [0.29, 0.717) is 27.6 Å². The lowest BCUT2D eigenvalue weighted by Crippen LogP contribution is -2.02. The van der Waals surface area contributed by atoms with Crippen molar-refractivity contribution in [1.82, 2.24) is 0 Å². The third-order valence-corrected chi connectivity index (χ3v) is 2.68. The Morgan fingerprint density at radius 1 is 1.06 bits per heavy atom. The predicted molar refractivity (Wildman–Crippen MR) is 68.2 cm³/mol. The largest absolute Gasteiger partial charge is 0.508 e. The topological polar surface area (TPSA) is 76.5 Å². The van der Waals surface area contributed by atoms with E-state index in [2.05, 4.69) is 0 Å². The van der Waals surface area contributed by atoms with Gasteiger partial charge < -0.3 is 15.3 Å².